The van der Waals surface area contributed by atoms with Gasteiger partial charge in [0, 0.05) is 43.4 Å². The van der Waals surface area contributed by atoms with E-state index in [0.29, 0.717) is 11.8 Å². The van der Waals surface area contributed by atoms with E-state index in [1.165, 1.54) is 48.4 Å². The molecule has 1 aliphatic rings. The van der Waals surface area contributed by atoms with Gasteiger partial charge in [-0.3, -0.25) is 0 Å². The first-order valence-corrected chi connectivity index (χ1v) is 21.6. The molecule has 5 heteroatoms. The van der Waals surface area contributed by atoms with Crippen LogP contribution in [0.3, 0.4) is 0 Å². The Morgan fingerprint density at radius 3 is 2.22 bits per heavy atom. The van der Waals surface area contributed by atoms with E-state index in [1.54, 1.807) is 0 Å². The number of rotatable bonds is 6. The number of hydrogen-bond donors (Lipinski definition) is 0. The monoisotopic (exact) mass is 863 g/mol. The summed E-state index contributed by atoms with van der Waals surface area (Å²) < 4.78 is 6.54. The fraction of sp³-hybridized carbons (Fsp3) is 0.261. The van der Waals surface area contributed by atoms with E-state index in [1.807, 2.05) is 36.5 Å². The summed E-state index contributed by atoms with van der Waals surface area (Å²) in [6.45, 7) is 11.7. The first-order chi connectivity index (χ1) is 24.3. The maximum Gasteiger partial charge on any atom is 0.128 e. The van der Waals surface area contributed by atoms with Gasteiger partial charge in [0.1, 0.15) is 5.58 Å². The van der Waals surface area contributed by atoms with Crippen LogP contribution >= 0.6 is 0 Å². The molecule has 0 N–H and O–H groups in total. The molecule has 1 fully saturated rings. The second kappa shape index (κ2) is 16.0. The maximum absolute atomic E-state index is 6.54. The van der Waals surface area contributed by atoms with E-state index in [0.717, 1.165) is 55.6 Å². The topological polar surface area (TPSA) is 38.9 Å². The number of nitrogens with zero attached hydrogens (tertiary/aromatic N) is 2. The Bertz CT molecular complexity index is 2210. The van der Waals surface area contributed by atoms with Crippen molar-refractivity contribution in [1.29, 1.82) is 0 Å². The van der Waals surface area contributed by atoms with Crippen molar-refractivity contribution < 1.29 is 24.5 Å². The number of benzene rings is 4. The van der Waals surface area contributed by atoms with E-state index in [-0.39, 0.29) is 20.1 Å². The van der Waals surface area contributed by atoms with Crippen LogP contribution < -0.4 is 5.19 Å². The van der Waals surface area contributed by atoms with Crippen molar-refractivity contribution in [3.63, 3.8) is 0 Å². The molecular weight excluding hydrogens is 817 g/mol. The quantitative estimate of drug-likeness (QED) is 0.123. The van der Waals surface area contributed by atoms with Gasteiger partial charge in [0.2, 0.25) is 0 Å². The van der Waals surface area contributed by atoms with E-state index in [9.17, 15) is 0 Å². The summed E-state index contributed by atoms with van der Waals surface area (Å²) in [5, 5.41) is 3.73. The number of para-hydroxylation sites is 1. The molecule has 1 aliphatic carbocycles. The molecule has 0 spiro atoms. The van der Waals surface area contributed by atoms with Crippen molar-refractivity contribution in [3.05, 3.63) is 139 Å². The van der Waals surface area contributed by atoms with Gasteiger partial charge in [-0.25, -0.2) is 0 Å². The van der Waals surface area contributed by atoms with Crippen molar-refractivity contribution >= 4 is 35.2 Å². The Morgan fingerprint density at radius 2 is 1.49 bits per heavy atom. The van der Waals surface area contributed by atoms with Gasteiger partial charge in [-0.2, -0.15) is 0 Å². The van der Waals surface area contributed by atoms with Crippen LogP contribution in [0.15, 0.2) is 120 Å². The minimum atomic E-state index is -1.34. The van der Waals surface area contributed by atoms with Crippen LogP contribution in [-0.4, -0.2) is 18.0 Å². The van der Waals surface area contributed by atoms with Gasteiger partial charge in [0.15, 0.2) is 0 Å². The van der Waals surface area contributed by atoms with Crippen LogP contribution in [0.4, 0.5) is 0 Å². The molecule has 0 amide bonds. The Kier molecular flexibility index (Phi) is 11.5. The zero-order valence-corrected chi connectivity index (χ0v) is 33.7. The van der Waals surface area contributed by atoms with Crippen molar-refractivity contribution in [3.8, 4) is 33.6 Å². The Morgan fingerprint density at radius 1 is 0.725 bits per heavy atom. The molecule has 7 aromatic rings. The van der Waals surface area contributed by atoms with E-state index in [2.05, 4.69) is 130 Å². The van der Waals surface area contributed by atoms with Crippen LogP contribution in [0.2, 0.25) is 19.6 Å². The van der Waals surface area contributed by atoms with Crippen molar-refractivity contribution in [2.24, 2.45) is 0 Å². The normalized spacial score (nSPS) is 13.5. The van der Waals surface area contributed by atoms with Crippen molar-refractivity contribution in [2.45, 2.75) is 77.4 Å². The second-order valence-electron chi connectivity index (χ2n) is 14.9. The predicted molar refractivity (Wildman–Crippen MR) is 213 cm³/mol. The molecule has 3 heterocycles. The summed E-state index contributed by atoms with van der Waals surface area (Å²) >= 11 is 0. The number of hydrogen-bond acceptors (Lipinski definition) is 3. The standard InChI is InChI=1S/C29H24NO.C17H22NSi.Ir/c1-3-9-20(10-4-1)22-17-18-30-27(19-22)26-16-8-15-25-24-14-7-13-23(28(24)31-29(25)26)21-11-5-2-6-12-21;1-13(2)15-11-16(14-9-7-6-8-10-14)18-12-17(15)19(3,4)5;/h2,5-8,11-15,17-20H,1,3-4,9-10H2;6-9,11-13H,1-5H3;/q2*-1;. The molecule has 3 nitrogen and oxygen atoms in total. The summed E-state index contributed by atoms with van der Waals surface area (Å²) in [5.74, 6) is 1.18. The summed E-state index contributed by atoms with van der Waals surface area (Å²) in [6.07, 6.45) is 10.6. The van der Waals surface area contributed by atoms with Gasteiger partial charge < -0.3 is 14.4 Å². The minimum Gasteiger partial charge on any atom is -0.500 e. The molecule has 261 valence electrons. The van der Waals surface area contributed by atoms with Gasteiger partial charge in [-0.15, -0.1) is 54.1 Å². The SMILES string of the molecule is CC(C)c1cc(-c2[c-]cccc2)ncc1[Si](C)(C)C.[Ir].[c-]1ccc2c(oc3c(-c4ccccc4)cccc32)c1-c1cc(C2CCCCC2)ccn1. The zero-order valence-electron chi connectivity index (χ0n) is 30.3. The number of aromatic nitrogens is 2. The molecule has 0 bridgehead atoms. The Balaban J connectivity index is 0.000000194. The Hall–Kier alpha value is -4.15. The van der Waals surface area contributed by atoms with Crippen LogP contribution in [0, 0.1) is 12.1 Å². The third kappa shape index (κ3) is 8.02. The number of furan rings is 1. The molecule has 0 unspecified atom stereocenters. The first-order valence-electron chi connectivity index (χ1n) is 18.1. The molecule has 3 aromatic heterocycles. The van der Waals surface area contributed by atoms with Crippen LogP contribution in [0.1, 0.15) is 68.9 Å². The third-order valence-electron chi connectivity index (χ3n) is 10.0. The molecule has 0 aliphatic heterocycles. The van der Waals surface area contributed by atoms with Gasteiger partial charge >= 0.3 is 0 Å². The van der Waals surface area contributed by atoms with Crippen molar-refractivity contribution in [2.75, 3.05) is 0 Å². The molecule has 1 radical (unpaired) electrons. The third-order valence-corrected chi connectivity index (χ3v) is 12.0. The van der Waals surface area contributed by atoms with Crippen molar-refractivity contribution in [1.82, 2.24) is 9.97 Å². The summed E-state index contributed by atoms with van der Waals surface area (Å²) in [4.78, 5) is 9.38. The van der Waals surface area contributed by atoms with Crippen LogP contribution in [0.25, 0.3) is 55.6 Å². The first kappa shape index (κ1) is 36.6. The smallest absolute Gasteiger partial charge is 0.128 e. The van der Waals surface area contributed by atoms with Gasteiger partial charge in [-0.05, 0) is 52.9 Å². The van der Waals surface area contributed by atoms with Gasteiger partial charge in [0.25, 0.3) is 0 Å². The van der Waals surface area contributed by atoms with Gasteiger partial charge in [-0.1, -0.05) is 135 Å². The molecule has 1 saturated carbocycles. The van der Waals surface area contributed by atoms with Gasteiger partial charge in [0.05, 0.1) is 13.7 Å². The Labute approximate surface area is 317 Å². The molecule has 8 rings (SSSR count). The second-order valence-corrected chi connectivity index (χ2v) is 19.9. The summed E-state index contributed by atoms with van der Waals surface area (Å²) in [6, 6.07) is 42.3. The molecule has 0 atom stereocenters. The van der Waals surface area contributed by atoms with Crippen LogP contribution in [0.5, 0.6) is 0 Å². The molecular formula is C46H46IrN2OSi-2. The fourth-order valence-electron chi connectivity index (χ4n) is 7.35. The maximum atomic E-state index is 6.54. The van der Waals surface area contributed by atoms with E-state index < -0.39 is 8.07 Å². The fourth-order valence-corrected chi connectivity index (χ4v) is 9.03. The molecule has 0 saturated heterocycles. The summed E-state index contributed by atoms with van der Waals surface area (Å²) in [7, 11) is -1.34. The zero-order chi connectivity index (χ0) is 34.7. The number of fused-ring (bicyclic) bond motifs is 3. The molecule has 51 heavy (non-hydrogen) atoms. The van der Waals surface area contributed by atoms with E-state index >= 15 is 0 Å². The average molecular weight is 863 g/mol. The van der Waals surface area contributed by atoms with E-state index in [4.69, 9.17) is 9.40 Å². The van der Waals surface area contributed by atoms with Crippen LogP contribution in [-0.2, 0) is 20.1 Å². The predicted octanol–water partition coefficient (Wildman–Crippen LogP) is 12.4. The summed E-state index contributed by atoms with van der Waals surface area (Å²) in [5.41, 5.74) is 10.9. The minimum absolute atomic E-state index is 0. The molecule has 4 aromatic carbocycles. The number of pyridine rings is 2. The largest absolute Gasteiger partial charge is 0.500 e. The average Bonchev–Trinajstić information content (AvgIpc) is 3.55.